The average molecular weight is 642 g/mol. The van der Waals surface area contributed by atoms with E-state index < -0.39 is 24.3 Å². The van der Waals surface area contributed by atoms with Crippen LogP contribution < -0.4 is 5.11 Å². The number of hydrogen-bond acceptors (Lipinski definition) is 8. The lowest BCUT2D eigenvalue weighted by Gasteiger charge is -2.26. The quantitative estimate of drug-likeness (QED) is 0.0264. The van der Waals surface area contributed by atoms with Crippen molar-refractivity contribution >= 4 is 17.9 Å². The van der Waals surface area contributed by atoms with Crippen molar-refractivity contribution in [3.05, 3.63) is 12.2 Å². The van der Waals surface area contributed by atoms with E-state index >= 15 is 0 Å². The molecule has 0 radical (unpaired) electrons. The molecule has 0 aliphatic carbocycles. The lowest BCUT2D eigenvalue weighted by atomic mass is 10.1. The van der Waals surface area contributed by atoms with Crippen molar-refractivity contribution in [3.8, 4) is 0 Å². The third-order valence-electron chi connectivity index (χ3n) is 7.51. The Balaban J connectivity index is 4.59. The summed E-state index contributed by atoms with van der Waals surface area (Å²) in [7, 11) is 5.89. The van der Waals surface area contributed by atoms with Crippen molar-refractivity contribution in [1.82, 2.24) is 0 Å². The number of nitrogens with zero attached hydrogens (tertiary/aromatic N) is 1. The molecule has 0 aliphatic rings. The van der Waals surface area contributed by atoms with E-state index in [4.69, 9.17) is 18.9 Å². The summed E-state index contributed by atoms with van der Waals surface area (Å²) in [5.41, 5.74) is 0. The summed E-state index contributed by atoms with van der Waals surface area (Å²) in [5, 5.41) is 11.6. The van der Waals surface area contributed by atoms with E-state index in [1.165, 1.54) is 51.4 Å². The van der Waals surface area contributed by atoms with Crippen LogP contribution in [0.15, 0.2) is 12.2 Å². The maximum Gasteiger partial charge on any atom is 0.306 e. The molecular formula is C36H67NO8. The smallest absolute Gasteiger partial charge is 0.306 e. The van der Waals surface area contributed by atoms with Crippen molar-refractivity contribution in [2.45, 2.75) is 155 Å². The van der Waals surface area contributed by atoms with E-state index in [9.17, 15) is 19.5 Å². The van der Waals surface area contributed by atoms with Gasteiger partial charge in [-0.1, -0.05) is 103 Å². The number of carbonyl (C=O) groups excluding carboxylic acids is 3. The fourth-order valence-corrected chi connectivity index (χ4v) is 4.64. The second-order valence-corrected chi connectivity index (χ2v) is 13.2. The molecule has 0 saturated heterocycles. The number of unbranched alkanes of at least 4 members (excludes halogenated alkanes) is 15. The van der Waals surface area contributed by atoms with Gasteiger partial charge in [-0.3, -0.25) is 9.59 Å². The summed E-state index contributed by atoms with van der Waals surface area (Å²) < 4.78 is 22.3. The van der Waals surface area contributed by atoms with Crippen molar-refractivity contribution < 1.29 is 42.9 Å². The third kappa shape index (κ3) is 30.4. The number of carbonyl (C=O) groups is 3. The zero-order valence-electron chi connectivity index (χ0n) is 29.5. The first-order chi connectivity index (χ1) is 21.6. The predicted molar refractivity (Wildman–Crippen MR) is 177 cm³/mol. The Hall–Kier alpha value is -1.97. The van der Waals surface area contributed by atoms with E-state index in [0.29, 0.717) is 23.9 Å². The molecule has 45 heavy (non-hydrogen) atoms. The second kappa shape index (κ2) is 29.4. The summed E-state index contributed by atoms with van der Waals surface area (Å²) in [6.45, 7) is 4.64. The highest BCUT2D eigenvalue weighted by atomic mass is 16.7. The van der Waals surface area contributed by atoms with Gasteiger partial charge in [0.25, 0.3) is 0 Å². The van der Waals surface area contributed by atoms with Gasteiger partial charge in [-0.15, -0.1) is 0 Å². The monoisotopic (exact) mass is 641 g/mol. The van der Waals surface area contributed by atoms with Crippen LogP contribution in [0, 0.1) is 0 Å². The highest BCUT2D eigenvalue weighted by Gasteiger charge is 2.21. The number of hydrogen-bond donors (Lipinski definition) is 0. The fourth-order valence-electron chi connectivity index (χ4n) is 4.64. The van der Waals surface area contributed by atoms with Crippen LogP contribution in [0.2, 0.25) is 0 Å². The first kappa shape index (κ1) is 43.0. The minimum absolute atomic E-state index is 0.148. The molecule has 0 aromatic heterocycles. The maximum absolute atomic E-state index is 12.6. The fraction of sp³-hybridized carbons (Fsp3) is 0.861. The number of ether oxygens (including phenoxy) is 4. The van der Waals surface area contributed by atoms with Gasteiger partial charge in [0.05, 0.1) is 40.3 Å². The summed E-state index contributed by atoms with van der Waals surface area (Å²) in [6, 6.07) is 0. The third-order valence-corrected chi connectivity index (χ3v) is 7.51. The summed E-state index contributed by atoms with van der Waals surface area (Å²) >= 11 is 0. The largest absolute Gasteiger partial charge is 0.545 e. The van der Waals surface area contributed by atoms with Crippen molar-refractivity contribution in [3.63, 3.8) is 0 Å². The zero-order chi connectivity index (χ0) is 33.6. The van der Waals surface area contributed by atoms with Crippen LogP contribution in [-0.2, 0) is 33.3 Å². The standard InChI is InChI=1S/C36H67NO8/c1-6-8-10-12-14-16-17-18-19-21-23-25-27-34(39)45-32(31-44-36(35(40)41)42-29-28-37(3,4)5)30-43-33(38)26-24-22-20-15-13-11-9-7-2/h14,16,32,36H,6-13,15,17-31H2,1-5H3/b16-14-. The molecule has 0 N–H and O–H groups in total. The first-order valence-electron chi connectivity index (χ1n) is 17.8. The number of likely N-dealkylation sites (N-methyl/N-ethyl adjacent to an activating group) is 1. The Morgan fingerprint density at radius 3 is 1.69 bits per heavy atom. The van der Waals surface area contributed by atoms with Gasteiger partial charge < -0.3 is 33.3 Å². The lowest BCUT2D eigenvalue weighted by Crippen LogP contribution is -2.44. The van der Waals surface area contributed by atoms with Crippen LogP contribution in [0.4, 0.5) is 0 Å². The molecule has 9 nitrogen and oxygen atoms in total. The molecule has 0 aromatic carbocycles. The molecule has 0 aromatic rings. The van der Waals surface area contributed by atoms with Gasteiger partial charge in [0.1, 0.15) is 13.2 Å². The SMILES string of the molecule is CCCCC/C=C\CCCCCCCC(=O)OC(COC(=O)CCCCCCCCCC)COC(OCC[N+](C)(C)C)C(=O)[O-]. The van der Waals surface area contributed by atoms with Crippen LogP contribution in [0.5, 0.6) is 0 Å². The number of carboxylic acid groups (broad SMARTS) is 1. The summed E-state index contributed by atoms with van der Waals surface area (Å²) in [4.78, 5) is 36.5. The minimum atomic E-state index is -1.61. The molecule has 0 rings (SSSR count). The molecule has 0 spiro atoms. The number of esters is 2. The number of allylic oxidation sites excluding steroid dienone is 2. The summed E-state index contributed by atoms with van der Waals surface area (Å²) in [5.74, 6) is -2.30. The van der Waals surface area contributed by atoms with E-state index in [1.807, 2.05) is 21.1 Å². The molecule has 0 fully saturated rings. The molecule has 0 bridgehead atoms. The molecule has 264 valence electrons. The van der Waals surface area contributed by atoms with Crippen molar-refractivity contribution in [1.29, 1.82) is 0 Å². The van der Waals surface area contributed by atoms with Gasteiger partial charge >= 0.3 is 11.9 Å². The molecule has 0 heterocycles. The Morgan fingerprint density at radius 1 is 0.644 bits per heavy atom. The van der Waals surface area contributed by atoms with Gasteiger partial charge in [0.15, 0.2) is 12.4 Å². The average Bonchev–Trinajstić information content (AvgIpc) is 2.98. The highest BCUT2D eigenvalue weighted by Crippen LogP contribution is 2.12. The topological polar surface area (TPSA) is 111 Å². The van der Waals surface area contributed by atoms with Gasteiger partial charge in [-0.2, -0.15) is 0 Å². The Bertz CT molecular complexity index is 765. The number of quaternary nitrogens is 1. The Morgan fingerprint density at radius 2 is 1.13 bits per heavy atom. The second-order valence-electron chi connectivity index (χ2n) is 13.2. The molecule has 0 amide bonds. The lowest BCUT2D eigenvalue weighted by molar-refractivity contribution is -0.870. The van der Waals surface area contributed by atoms with E-state index in [0.717, 1.165) is 57.8 Å². The van der Waals surface area contributed by atoms with Gasteiger partial charge in [-0.05, 0) is 38.5 Å². The molecular weight excluding hydrogens is 574 g/mol. The molecule has 9 heteroatoms. The van der Waals surface area contributed by atoms with Gasteiger partial charge in [0, 0.05) is 12.8 Å². The normalized spacial score (nSPS) is 13.2. The van der Waals surface area contributed by atoms with Crippen LogP contribution >= 0.6 is 0 Å². The van der Waals surface area contributed by atoms with Crippen LogP contribution in [0.1, 0.15) is 142 Å². The molecule has 2 atom stereocenters. The van der Waals surface area contributed by atoms with E-state index in [1.54, 1.807) is 0 Å². The van der Waals surface area contributed by atoms with Gasteiger partial charge in [0.2, 0.25) is 0 Å². The molecule has 0 saturated carbocycles. The minimum Gasteiger partial charge on any atom is -0.545 e. The Labute approximate surface area is 275 Å². The maximum atomic E-state index is 12.6. The zero-order valence-corrected chi connectivity index (χ0v) is 29.5. The Kier molecular flexibility index (Phi) is 28.1. The molecule has 0 aliphatic heterocycles. The first-order valence-corrected chi connectivity index (χ1v) is 17.8. The summed E-state index contributed by atoms with van der Waals surface area (Å²) in [6.07, 6.45) is 22.5. The highest BCUT2D eigenvalue weighted by molar-refractivity contribution is 5.70. The number of rotatable bonds is 32. The van der Waals surface area contributed by atoms with Crippen molar-refractivity contribution in [2.24, 2.45) is 0 Å². The van der Waals surface area contributed by atoms with Crippen LogP contribution in [-0.4, -0.2) is 82.3 Å². The van der Waals surface area contributed by atoms with Crippen LogP contribution in [0.25, 0.3) is 0 Å². The molecule has 2 unspecified atom stereocenters. The van der Waals surface area contributed by atoms with Crippen LogP contribution in [0.3, 0.4) is 0 Å². The number of aliphatic carboxylic acids is 1. The van der Waals surface area contributed by atoms with E-state index in [2.05, 4.69) is 26.0 Å². The number of carboxylic acids is 1. The van der Waals surface area contributed by atoms with Gasteiger partial charge in [-0.25, -0.2) is 0 Å². The predicted octanol–water partition coefficient (Wildman–Crippen LogP) is 6.65. The van der Waals surface area contributed by atoms with E-state index in [-0.39, 0.29) is 32.2 Å². The van der Waals surface area contributed by atoms with Crippen molar-refractivity contribution in [2.75, 3.05) is 47.5 Å².